The van der Waals surface area contributed by atoms with Crippen LogP contribution >= 0.6 is 11.3 Å². The molecular formula is C15H17N5O2S. The molecule has 0 saturated heterocycles. The van der Waals surface area contributed by atoms with Gasteiger partial charge in [-0.15, -0.1) is 11.3 Å². The molecule has 0 bridgehead atoms. The normalized spacial score (nSPS) is 18.7. The number of carbonyl (C=O) groups excluding carboxylic acids is 1. The summed E-state index contributed by atoms with van der Waals surface area (Å²) in [6.45, 7) is 2.31. The number of carbonyl (C=O) groups is 1. The Morgan fingerprint density at radius 3 is 3.22 bits per heavy atom. The highest BCUT2D eigenvalue weighted by Crippen LogP contribution is 2.27. The summed E-state index contributed by atoms with van der Waals surface area (Å²) < 4.78 is 1.48. The molecule has 0 radical (unpaired) electrons. The summed E-state index contributed by atoms with van der Waals surface area (Å²) in [6, 6.07) is 1.65. The molecule has 0 aromatic carbocycles. The van der Waals surface area contributed by atoms with Crippen molar-refractivity contribution in [2.24, 2.45) is 0 Å². The maximum atomic E-state index is 12.5. The number of hydrogen-bond acceptors (Lipinski definition) is 6. The van der Waals surface area contributed by atoms with Crippen LogP contribution < -0.4 is 21.9 Å². The number of thiophene rings is 1. The first-order valence-electron chi connectivity index (χ1n) is 7.58. The van der Waals surface area contributed by atoms with Crippen molar-refractivity contribution in [2.45, 2.75) is 38.5 Å². The Balaban J connectivity index is 1.48. The summed E-state index contributed by atoms with van der Waals surface area (Å²) in [5.41, 5.74) is 7.30. The van der Waals surface area contributed by atoms with Gasteiger partial charge in [-0.25, -0.2) is 4.98 Å². The molecule has 0 aliphatic carbocycles. The van der Waals surface area contributed by atoms with Gasteiger partial charge in [-0.3, -0.25) is 14.2 Å². The average molecular weight is 331 g/mol. The second-order valence-electron chi connectivity index (χ2n) is 5.85. The topological polar surface area (TPSA) is 102 Å². The number of aryl methyl sites for hydroxylation is 1. The molecule has 4 N–H and O–H groups in total. The van der Waals surface area contributed by atoms with Crippen molar-refractivity contribution >= 4 is 23.1 Å². The molecule has 2 aromatic heterocycles. The number of hydrogen-bond donors (Lipinski definition) is 3. The van der Waals surface area contributed by atoms with Gasteiger partial charge in [0.15, 0.2) is 5.82 Å². The van der Waals surface area contributed by atoms with E-state index in [0.717, 1.165) is 23.7 Å². The lowest BCUT2D eigenvalue weighted by atomic mass is 10.2. The van der Waals surface area contributed by atoms with Crippen LogP contribution in [0.1, 0.15) is 33.5 Å². The lowest BCUT2D eigenvalue weighted by molar-refractivity contribution is -0.124. The summed E-state index contributed by atoms with van der Waals surface area (Å²) >= 11 is 1.72. The van der Waals surface area contributed by atoms with E-state index in [2.05, 4.69) is 21.7 Å². The SMILES string of the molecule is Nc1ncc2n(c1=O)C(C(=O)NCc1cc3c(s1)CNC3)CC2. The van der Waals surface area contributed by atoms with Crippen LogP contribution in [0.4, 0.5) is 5.82 Å². The van der Waals surface area contributed by atoms with Crippen LogP contribution in [0, 0.1) is 0 Å². The van der Waals surface area contributed by atoms with Gasteiger partial charge in [0.25, 0.3) is 5.56 Å². The van der Waals surface area contributed by atoms with Gasteiger partial charge in [0.1, 0.15) is 6.04 Å². The minimum atomic E-state index is -0.490. The van der Waals surface area contributed by atoms with Crippen molar-refractivity contribution in [2.75, 3.05) is 5.73 Å². The molecule has 1 unspecified atom stereocenters. The summed E-state index contributed by atoms with van der Waals surface area (Å²) in [5.74, 6) is -0.196. The number of fused-ring (bicyclic) bond motifs is 2. The minimum Gasteiger partial charge on any atom is -0.379 e. The van der Waals surface area contributed by atoms with Gasteiger partial charge in [-0.2, -0.15) is 0 Å². The van der Waals surface area contributed by atoms with E-state index < -0.39 is 6.04 Å². The Bertz CT molecular complexity index is 819. The molecule has 0 fully saturated rings. The largest absolute Gasteiger partial charge is 0.379 e. The fraction of sp³-hybridized carbons (Fsp3) is 0.400. The molecule has 120 valence electrons. The van der Waals surface area contributed by atoms with Crippen LogP contribution in [0.3, 0.4) is 0 Å². The average Bonchev–Trinajstić information content (AvgIpc) is 3.22. The molecule has 0 saturated carbocycles. The van der Waals surface area contributed by atoms with Crippen LogP contribution in [0.15, 0.2) is 17.1 Å². The van der Waals surface area contributed by atoms with Crippen molar-refractivity contribution in [1.82, 2.24) is 20.2 Å². The van der Waals surface area contributed by atoms with Gasteiger partial charge in [-0.1, -0.05) is 0 Å². The zero-order chi connectivity index (χ0) is 16.0. The highest BCUT2D eigenvalue weighted by molar-refractivity contribution is 7.12. The molecule has 1 atom stereocenters. The summed E-state index contributed by atoms with van der Waals surface area (Å²) in [5, 5.41) is 6.24. The Morgan fingerprint density at radius 1 is 1.52 bits per heavy atom. The van der Waals surface area contributed by atoms with Crippen LogP contribution in [-0.4, -0.2) is 15.5 Å². The molecule has 8 heteroatoms. The van der Waals surface area contributed by atoms with E-state index in [9.17, 15) is 9.59 Å². The van der Waals surface area contributed by atoms with Crippen LogP contribution in [-0.2, 0) is 30.8 Å². The zero-order valence-electron chi connectivity index (χ0n) is 12.5. The van der Waals surface area contributed by atoms with E-state index in [1.165, 1.54) is 15.0 Å². The van der Waals surface area contributed by atoms with Crippen molar-refractivity contribution in [3.63, 3.8) is 0 Å². The molecule has 4 heterocycles. The zero-order valence-corrected chi connectivity index (χ0v) is 13.3. The third kappa shape index (κ3) is 2.43. The molecule has 7 nitrogen and oxygen atoms in total. The van der Waals surface area contributed by atoms with Gasteiger partial charge in [-0.05, 0) is 24.5 Å². The molecule has 2 aliphatic heterocycles. The van der Waals surface area contributed by atoms with E-state index in [1.807, 2.05) is 0 Å². The van der Waals surface area contributed by atoms with Gasteiger partial charge in [0.2, 0.25) is 5.91 Å². The number of nitrogens with zero attached hydrogens (tertiary/aromatic N) is 2. The summed E-state index contributed by atoms with van der Waals surface area (Å²) in [4.78, 5) is 31.0. The van der Waals surface area contributed by atoms with E-state index >= 15 is 0 Å². The highest BCUT2D eigenvalue weighted by atomic mass is 32.1. The predicted octanol–water partition coefficient (Wildman–Crippen LogP) is 0.294. The van der Waals surface area contributed by atoms with Gasteiger partial charge in [0.05, 0.1) is 6.54 Å². The van der Waals surface area contributed by atoms with Crippen LogP contribution in [0.25, 0.3) is 0 Å². The Labute approximate surface area is 136 Å². The monoisotopic (exact) mass is 331 g/mol. The smallest absolute Gasteiger partial charge is 0.294 e. The van der Waals surface area contributed by atoms with Crippen molar-refractivity contribution < 1.29 is 4.79 Å². The number of anilines is 1. The van der Waals surface area contributed by atoms with E-state index in [0.29, 0.717) is 19.4 Å². The van der Waals surface area contributed by atoms with Crippen LogP contribution in [0.5, 0.6) is 0 Å². The molecule has 2 aliphatic rings. The standard InChI is InChI=1S/C15H17N5O2S/c16-13-15(22)20-9(5-18-13)1-2-11(20)14(21)19-6-10-3-8-4-17-7-12(8)23-10/h3,5,11,17H,1-2,4,6-7H2,(H2,16,18)(H,19,21). The van der Waals surface area contributed by atoms with E-state index in [4.69, 9.17) is 5.73 Å². The van der Waals surface area contributed by atoms with Crippen molar-refractivity contribution in [1.29, 1.82) is 0 Å². The van der Waals surface area contributed by atoms with E-state index in [-0.39, 0.29) is 17.3 Å². The Kier molecular flexibility index (Phi) is 3.42. The third-order valence-corrected chi connectivity index (χ3v) is 5.55. The van der Waals surface area contributed by atoms with Crippen LogP contribution in [0.2, 0.25) is 0 Å². The number of nitrogen functional groups attached to an aromatic ring is 1. The number of nitrogens with two attached hydrogens (primary N) is 1. The maximum Gasteiger partial charge on any atom is 0.294 e. The lowest BCUT2D eigenvalue weighted by Crippen LogP contribution is -2.36. The van der Waals surface area contributed by atoms with E-state index in [1.54, 1.807) is 17.5 Å². The lowest BCUT2D eigenvalue weighted by Gasteiger charge is -2.14. The van der Waals surface area contributed by atoms with Gasteiger partial charge in [0, 0.05) is 34.7 Å². The third-order valence-electron chi connectivity index (χ3n) is 4.37. The molecular weight excluding hydrogens is 314 g/mol. The predicted molar refractivity (Wildman–Crippen MR) is 87.0 cm³/mol. The fourth-order valence-electron chi connectivity index (χ4n) is 3.22. The quantitative estimate of drug-likeness (QED) is 0.750. The molecule has 1 amide bonds. The van der Waals surface area contributed by atoms with Crippen molar-refractivity contribution in [3.8, 4) is 0 Å². The van der Waals surface area contributed by atoms with Crippen molar-refractivity contribution in [3.05, 3.63) is 43.6 Å². The number of nitrogens with one attached hydrogen (secondary N) is 2. The first-order valence-corrected chi connectivity index (χ1v) is 8.40. The molecule has 23 heavy (non-hydrogen) atoms. The number of rotatable bonds is 3. The molecule has 2 aromatic rings. The van der Waals surface area contributed by atoms with Gasteiger partial charge >= 0.3 is 0 Å². The second kappa shape index (κ2) is 5.47. The molecule has 0 spiro atoms. The maximum absolute atomic E-state index is 12.5. The Morgan fingerprint density at radius 2 is 2.39 bits per heavy atom. The first kappa shape index (κ1) is 14.4. The fourth-order valence-corrected chi connectivity index (χ4v) is 4.32. The molecule has 4 rings (SSSR count). The minimum absolute atomic E-state index is 0.0596. The number of amides is 1. The highest BCUT2D eigenvalue weighted by Gasteiger charge is 2.30. The summed E-state index contributed by atoms with van der Waals surface area (Å²) in [6.07, 6.45) is 2.86. The van der Waals surface area contributed by atoms with Gasteiger partial charge < -0.3 is 16.4 Å². The number of aromatic nitrogens is 2. The summed E-state index contributed by atoms with van der Waals surface area (Å²) in [7, 11) is 0. The Hall–Kier alpha value is -2.19. The second-order valence-corrected chi connectivity index (χ2v) is 7.07. The first-order chi connectivity index (χ1) is 11.1.